The minimum absolute atomic E-state index is 0.0750. The summed E-state index contributed by atoms with van der Waals surface area (Å²) in [7, 11) is 0. The molecule has 0 saturated heterocycles. The summed E-state index contributed by atoms with van der Waals surface area (Å²) in [6.45, 7) is 1.90. The molecule has 0 amide bonds. The number of aromatic nitrogens is 3. The molecule has 0 aliphatic carbocycles. The van der Waals surface area contributed by atoms with E-state index in [1.54, 1.807) is 12.4 Å². The second-order valence-corrected chi connectivity index (χ2v) is 3.98. The molecule has 0 aliphatic rings. The first kappa shape index (κ1) is 10.6. The molecule has 0 spiro atoms. The number of H-pyrrole nitrogens is 1. The van der Waals surface area contributed by atoms with Gasteiger partial charge in [-0.3, -0.25) is 9.78 Å². The molecule has 2 aromatic heterocycles. The summed E-state index contributed by atoms with van der Waals surface area (Å²) >= 11 is 0. The van der Waals surface area contributed by atoms with Crippen LogP contribution in [0.4, 0.5) is 0 Å². The Morgan fingerprint density at radius 1 is 1.62 bits per heavy atom. The van der Waals surface area contributed by atoms with Gasteiger partial charge in [-0.15, -0.1) is 0 Å². The van der Waals surface area contributed by atoms with E-state index < -0.39 is 5.97 Å². The highest BCUT2D eigenvalue weighted by molar-refractivity contribution is 5.73. The van der Waals surface area contributed by atoms with Crippen LogP contribution in [0, 0.1) is 5.92 Å². The van der Waals surface area contributed by atoms with Crippen molar-refractivity contribution in [2.45, 2.75) is 19.8 Å². The van der Waals surface area contributed by atoms with Gasteiger partial charge in [-0.2, -0.15) is 0 Å². The zero-order valence-corrected chi connectivity index (χ0v) is 8.97. The molecule has 0 aliphatic heterocycles. The Bertz CT molecular complexity index is 474. The van der Waals surface area contributed by atoms with Crippen molar-refractivity contribution in [1.82, 2.24) is 15.0 Å². The monoisotopic (exact) mass is 219 g/mol. The zero-order chi connectivity index (χ0) is 11.5. The second-order valence-electron chi connectivity index (χ2n) is 3.98. The van der Waals surface area contributed by atoms with E-state index in [4.69, 9.17) is 5.11 Å². The molecule has 1 unspecified atom stereocenters. The molecule has 0 aromatic carbocycles. The minimum Gasteiger partial charge on any atom is -0.481 e. The van der Waals surface area contributed by atoms with Gasteiger partial charge < -0.3 is 10.1 Å². The molecule has 0 fully saturated rings. The quantitative estimate of drug-likeness (QED) is 0.818. The number of hydrogen-bond acceptors (Lipinski definition) is 3. The Labute approximate surface area is 92.5 Å². The van der Waals surface area contributed by atoms with Crippen LogP contribution in [0.1, 0.15) is 19.2 Å². The number of nitrogens with zero attached hydrogens (tertiary/aromatic N) is 2. The highest BCUT2D eigenvalue weighted by atomic mass is 16.4. The molecule has 5 heteroatoms. The molecule has 5 nitrogen and oxygen atoms in total. The van der Waals surface area contributed by atoms with E-state index in [0.717, 1.165) is 16.9 Å². The van der Waals surface area contributed by atoms with Crippen LogP contribution in [-0.4, -0.2) is 26.0 Å². The van der Waals surface area contributed by atoms with Crippen LogP contribution in [0.2, 0.25) is 0 Å². The fourth-order valence-corrected chi connectivity index (χ4v) is 1.71. The maximum Gasteiger partial charge on any atom is 0.303 e. The lowest BCUT2D eigenvalue weighted by molar-refractivity contribution is -0.137. The molecule has 0 bridgehead atoms. The Morgan fingerprint density at radius 2 is 2.44 bits per heavy atom. The zero-order valence-electron chi connectivity index (χ0n) is 8.97. The molecule has 2 aromatic rings. The minimum atomic E-state index is -0.773. The van der Waals surface area contributed by atoms with Crippen LogP contribution in [0.5, 0.6) is 0 Å². The summed E-state index contributed by atoms with van der Waals surface area (Å²) in [6.07, 6.45) is 4.21. The molecule has 1 atom stereocenters. The molecule has 2 heterocycles. The number of rotatable bonds is 4. The van der Waals surface area contributed by atoms with Crippen molar-refractivity contribution in [2.24, 2.45) is 5.92 Å². The van der Waals surface area contributed by atoms with Gasteiger partial charge in [0.1, 0.15) is 5.82 Å². The van der Waals surface area contributed by atoms with Crippen LogP contribution in [-0.2, 0) is 11.2 Å². The first-order valence-corrected chi connectivity index (χ1v) is 5.15. The number of aliphatic carboxylic acids is 1. The van der Waals surface area contributed by atoms with E-state index in [0.29, 0.717) is 6.42 Å². The average molecular weight is 219 g/mol. The standard InChI is InChI=1S/C11H13N3O2/c1-7(5-11(15)16)4-10-13-8-2-3-12-6-9(8)14-10/h2-3,6-7H,4-5H2,1H3,(H,13,14)(H,15,16). The molecule has 2 N–H and O–H groups in total. The van der Waals surface area contributed by atoms with Gasteiger partial charge >= 0.3 is 5.97 Å². The van der Waals surface area contributed by atoms with Gasteiger partial charge in [0.25, 0.3) is 0 Å². The molecule has 0 saturated carbocycles. The van der Waals surface area contributed by atoms with Gasteiger partial charge in [0, 0.05) is 19.0 Å². The van der Waals surface area contributed by atoms with Crippen molar-refractivity contribution in [3.63, 3.8) is 0 Å². The van der Waals surface area contributed by atoms with E-state index in [2.05, 4.69) is 15.0 Å². The first-order valence-electron chi connectivity index (χ1n) is 5.15. The van der Waals surface area contributed by atoms with Crippen molar-refractivity contribution < 1.29 is 9.90 Å². The summed E-state index contributed by atoms with van der Waals surface area (Å²) in [5.41, 5.74) is 1.76. The van der Waals surface area contributed by atoms with Gasteiger partial charge in [0.05, 0.1) is 17.2 Å². The van der Waals surface area contributed by atoms with E-state index in [-0.39, 0.29) is 12.3 Å². The fourth-order valence-electron chi connectivity index (χ4n) is 1.71. The van der Waals surface area contributed by atoms with Crippen LogP contribution in [0.25, 0.3) is 11.0 Å². The van der Waals surface area contributed by atoms with Gasteiger partial charge in [-0.1, -0.05) is 6.92 Å². The normalized spacial score (nSPS) is 12.8. The smallest absolute Gasteiger partial charge is 0.303 e. The second kappa shape index (κ2) is 4.30. The lowest BCUT2D eigenvalue weighted by Gasteiger charge is -2.04. The molecular weight excluding hydrogens is 206 g/mol. The summed E-state index contributed by atoms with van der Waals surface area (Å²) < 4.78 is 0. The van der Waals surface area contributed by atoms with Crippen LogP contribution >= 0.6 is 0 Å². The summed E-state index contributed by atoms with van der Waals surface area (Å²) in [4.78, 5) is 22.0. The number of carboxylic acids is 1. The van der Waals surface area contributed by atoms with Crippen LogP contribution in [0.3, 0.4) is 0 Å². The topological polar surface area (TPSA) is 78.9 Å². The first-order chi connectivity index (χ1) is 7.65. The Morgan fingerprint density at radius 3 is 3.12 bits per heavy atom. The SMILES string of the molecule is CC(CC(=O)O)Cc1nc2ccncc2[nH]1. The summed E-state index contributed by atoms with van der Waals surface area (Å²) in [6, 6.07) is 1.83. The van der Waals surface area contributed by atoms with Gasteiger partial charge in [-0.05, 0) is 12.0 Å². The number of pyridine rings is 1. The predicted molar refractivity (Wildman–Crippen MR) is 59.0 cm³/mol. The van der Waals surface area contributed by atoms with E-state index in [9.17, 15) is 4.79 Å². The molecular formula is C11H13N3O2. The number of imidazole rings is 1. The van der Waals surface area contributed by atoms with Crippen molar-refractivity contribution in [3.8, 4) is 0 Å². The number of fused-ring (bicyclic) bond motifs is 1. The lowest BCUT2D eigenvalue weighted by Crippen LogP contribution is -2.07. The van der Waals surface area contributed by atoms with Crippen LogP contribution < -0.4 is 0 Å². The van der Waals surface area contributed by atoms with Crippen LogP contribution in [0.15, 0.2) is 18.5 Å². The van der Waals surface area contributed by atoms with Crippen molar-refractivity contribution in [2.75, 3.05) is 0 Å². The third kappa shape index (κ3) is 2.36. The maximum absolute atomic E-state index is 10.5. The number of aromatic amines is 1. The number of carboxylic acid groups (broad SMARTS) is 1. The number of nitrogens with one attached hydrogen (secondary N) is 1. The van der Waals surface area contributed by atoms with E-state index >= 15 is 0 Å². The number of hydrogen-bond donors (Lipinski definition) is 2. The summed E-state index contributed by atoms with van der Waals surface area (Å²) in [5.74, 6) is 0.119. The van der Waals surface area contributed by atoms with Crippen molar-refractivity contribution in [3.05, 3.63) is 24.3 Å². The fraction of sp³-hybridized carbons (Fsp3) is 0.364. The lowest BCUT2D eigenvalue weighted by atomic mass is 10.0. The molecule has 84 valence electrons. The molecule has 2 rings (SSSR count). The third-order valence-electron chi connectivity index (χ3n) is 2.40. The van der Waals surface area contributed by atoms with Gasteiger partial charge in [0.15, 0.2) is 0 Å². The van der Waals surface area contributed by atoms with Crippen molar-refractivity contribution in [1.29, 1.82) is 0 Å². The van der Waals surface area contributed by atoms with E-state index in [1.807, 2.05) is 13.0 Å². The van der Waals surface area contributed by atoms with Gasteiger partial charge in [0.2, 0.25) is 0 Å². The highest BCUT2D eigenvalue weighted by Gasteiger charge is 2.11. The Balaban J connectivity index is 2.12. The Kier molecular flexibility index (Phi) is 2.85. The molecule has 16 heavy (non-hydrogen) atoms. The van der Waals surface area contributed by atoms with Crippen molar-refractivity contribution >= 4 is 17.0 Å². The summed E-state index contributed by atoms with van der Waals surface area (Å²) in [5, 5.41) is 8.66. The maximum atomic E-state index is 10.5. The third-order valence-corrected chi connectivity index (χ3v) is 2.40. The average Bonchev–Trinajstić information content (AvgIpc) is 2.57. The van der Waals surface area contributed by atoms with Gasteiger partial charge in [-0.25, -0.2) is 4.98 Å². The largest absolute Gasteiger partial charge is 0.481 e. The predicted octanol–water partition coefficient (Wildman–Crippen LogP) is 1.61. The Hall–Kier alpha value is -1.91. The number of carbonyl (C=O) groups is 1. The van der Waals surface area contributed by atoms with E-state index in [1.165, 1.54) is 0 Å². The molecule has 0 radical (unpaired) electrons. The highest BCUT2D eigenvalue weighted by Crippen LogP contribution is 2.13.